The molecule has 1 fully saturated rings. The van der Waals surface area contributed by atoms with Crippen molar-refractivity contribution in [1.29, 1.82) is 0 Å². The molecule has 32 heavy (non-hydrogen) atoms. The fraction of sp³-hybridized carbons (Fsp3) is 0.370. The highest BCUT2D eigenvalue weighted by Gasteiger charge is 2.34. The summed E-state index contributed by atoms with van der Waals surface area (Å²) in [5.74, 6) is 1.68. The maximum Gasteiger partial charge on any atom is 0.232 e. The van der Waals surface area contributed by atoms with Gasteiger partial charge in [-0.05, 0) is 69.5 Å². The number of rotatable bonds is 4. The topological polar surface area (TPSA) is 54.7 Å². The molecule has 5 heteroatoms. The van der Waals surface area contributed by atoms with E-state index in [1.165, 1.54) is 0 Å². The van der Waals surface area contributed by atoms with Gasteiger partial charge in [0, 0.05) is 35.8 Å². The van der Waals surface area contributed by atoms with E-state index < -0.39 is 0 Å². The van der Waals surface area contributed by atoms with Crippen molar-refractivity contribution < 1.29 is 14.6 Å². The molecule has 2 aromatic carbocycles. The van der Waals surface area contributed by atoms with E-state index in [1.807, 2.05) is 25.1 Å². The van der Waals surface area contributed by atoms with Gasteiger partial charge < -0.3 is 14.4 Å². The second kappa shape index (κ2) is 8.14. The van der Waals surface area contributed by atoms with E-state index in [4.69, 9.17) is 4.74 Å². The molecule has 3 aromatic rings. The predicted molar refractivity (Wildman–Crippen MR) is 127 cm³/mol. The van der Waals surface area contributed by atoms with Gasteiger partial charge in [0.05, 0.1) is 11.1 Å². The van der Waals surface area contributed by atoms with Crippen LogP contribution in [0.15, 0.2) is 42.3 Å². The molecule has 0 saturated carbocycles. The van der Waals surface area contributed by atoms with Crippen molar-refractivity contribution in [2.45, 2.75) is 46.7 Å². The molecule has 0 spiro atoms. The Balaban J connectivity index is 1.53. The number of piperidine rings is 1. The highest BCUT2D eigenvalue weighted by Crippen LogP contribution is 2.43. The molecule has 5 nitrogen and oxygen atoms in total. The highest BCUT2D eigenvalue weighted by atomic mass is 16.5. The summed E-state index contributed by atoms with van der Waals surface area (Å²) in [6, 6.07) is 9.90. The Bertz CT molecular complexity index is 1230. The van der Waals surface area contributed by atoms with Crippen LogP contribution in [0.1, 0.15) is 53.7 Å². The average molecular weight is 431 g/mol. The number of carbonyl (C=O) groups excluding carboxylic acids is 1. The first-order chi connectivity index (χ1) is 15.5. The normalized spacial score (nSPS) is 18.5. The molecule has 0 aliphatic carbocycles. The molecule has 0 atom stereocenters. The lowest BCUT2D eigenvalue weighted by molar-refractivity contribution is 0.101. The van der Waals surface area contributed by atoms with E-state index in [1.54, 1.807) is 6.07 Å². The Hall–Kier alpha value is -3.05. The Morgan fingerprint density at radius 3 is 2.72 bits per heavy atom. The standard InChI is InChI=1S/C27H30N2O3/c1-4-29-15-19(20-7-5-6-8-22(20)29)14-24-26(31)25-18(3)13-23(30)21(27(25)32-24)16-28-11-9-17(2)10-12-28/h5-8,13-15,17,30H,4,9-12,16H2,1-3H3/b24-14+. The van der Waals surface area contributed by atoms with Crippen LogP contribution in [0.4, 0.5) is 0 Å². The van der Waals surface area contributed by atoms with E-state index in [-0.39, 0.29) is 11.5 Å². The van der Waals surface area contributed by atoms with E-state index in [0.29, 0.717) is 29.2 Å². The van der Waals surface area contributed by atoms with Gasteiger partial charge in [-0.1, -0.05) is 25.1 Å². The molecule has 0 radical (unpaired) electrons. The van der Waals surface area contributed by atoms with Gasteiger partial charge in [0.15, 0.2) is 5.76 Å². The van der Waals surface area contributed by atoms with Crippen molar-refractivity contribution in [3.8, 4) is 11.5 Å². The third-order valence-corrected chi connectivity index (χ3v) is 6.93. The van der Waals surface area contributed by atoms with Crippen molar-refractivity contribution in [3.63, 3.8) is 0 Å². The first-order valence-corrected chi connectivity index (χ1v) is 11.6. The number of allylic oxidation sites excluding steroid dienone is 1. The highest BCUT2D eigenvalue weighted by molar-refractivity contribution is 6.16. The van der Waals surface area contributed by atoms with Crippen LogP contribution in [0.3, 0.4) is 0 Å². The minimum absolute atomic E-state index is 0.112. The molecule has 0 amide bonds. The number of phenols is 1. The van der Waals surface area contributed by atoms with Gasteiger partial charge in [0.1, 0.15) is 11.5 Å². The number of aryl methyl sites for hydroxylation is 2. The predicted octanol–water partition coefficient (Wildman–Crippen LogP) is 5.52. The molecule has 166 valence electrons. The first-order valence-electron chi connectivity index (χ1n) is 11.6. The second-order valence-electron chi connectivity index (χ2n) is 9.18. The van der Waals surface area contributed by atoms with E-state index in [2.05, 4.69) is 41.6 Å². The lowest BCUT2D eigenvalue weighted by Gasteiger charge is -2.30. The molecule has 0 unspecified atom stereocenters. The number of ether oxygens (including phenoxy) is 1. The lowest BCUT2D eigenvalue weighted by atomic mass is 9.96. The Morgan fingerprint density at radius 2 is 1.97 bits per heavy atom. The summed E-state index contributed by atoms with van der Waals surface area (Å²) >= 11 is 0. The zero-order valence-electron chi connectivity index (χ0n) is 19.0. The second-order valence-corrected chi connectivity index (χ2v) is 9.18. The quantitative estimate of drug-likeness (QED) is 0.554. The molecule has 3 heterocycles. The van der Waals surface area contributed by atoms with Crippen LogP contribution >= 0.6 is 0 Å². The number of nitrogens with zero attached hydrogens (tertiary/aromatic N) is 2. The van der Waals surface area contributed by atoms with Crippen molar-refractivity contribution in [1.82, 2.24) is 9.47 Å². The van der Waals surface area contributed by atoms with Gasteiger partial charge in [0.2, 0.25) is 5.78 Å². The largest absolute Gasteiger partial charge is 0.507 e. The monoisotopic (exact) mass is 430 g/mol. The van der Waals surface area contributed by atoms with Gasteiger partial charge in [-0.3, -0.25) is 9.69 Å². The number of carbonyl (C=O) groups is 1. The van der Waals surface area contributed by atoms with Crippen LogP contribution in [0, 0.1) is 12.8 Å². The molecular weight excluding hydrogens is 400 g/mol. The van der Waals surface area contributed by atoms with Crippen LogP contribution in [-0.2, 0) is 13.1 Å². The van der Waals surface area contributed by atoms with Gasteiger partial charge in [-0.2, -0.15) is 0 Å². The fourth-order valence-corrected chi connectivity index (χ4v) is 4.97. The van der Waals surface area contributed by atoms with Crippen molar-refractivity contribution in [2.24, 2.45) is 5.92 Å². The van der Waals surface area contributed by atoms with Crippen LogP contribution in [0.5, 0.6) is 11.5 Å². The van der Waals surface area contributed by atoms with Gasteiger partial charge in [0.25, 0.3) is 0 Å². The molecular formula is C27H30N2O3. The van der Waals surface area contributed by atoms with Crippen LogP contribution in [0.25, 0.3) is 17.0 Å². The van der Waals surface area contributed by atoms with Crippen LogP contribution < -0.4 is 4.74 Å². The molecule has 1 aromatic heterocycles. The summed E-state index contributed by atoms with van der Waals surface area (Å²) in [4.78, 5) is 15.7. The van der Waals surface area contributed by atoms with Gasteiger partial charge >= 0.3 is 0 Å². The SMILES string of the molecule is CCn1cc(/C=C2/Oc3c(CN4CCC(C)CC4)c(O)cc(C)c3C2=O)c2ccccc21. The smallest absolute Gasteiger partial charge is 0.232 e. The summed E-state index contributed by atoms with van der Waals surface area (Å²) < 4.78 is 8.36. The lowest BCUT2D eigenvalue weighted by Crippen LogP contribution is -2.32. The van der Waals surface area contributed by atoms with E-state index >= 15 is 0 Å². The number of phenolic OH excluding ortho intramolecular Hbond substituents is 1. The molecule has 2 aliphatic rings. The zero-order chi connectivity index (χ0) is 22.4. The molecule has 0 bridgehead atoms. The number of aromatic hydroxyl groups is 1. The number of fused-ring (bicyclic) bond motifs is 2. The summed E-state index contributed by atoms with van der Waals surface area (Å²) in [6.07, 6.45) is 6.22. The number of para-hydroxylation sites is 1. The van der Waals surface area contributed by atoms with Crippen molar-refractivity contribution >= 4 is 22.8 Å². The Morgan fingerprint density at radius 1 is 1.22 bits per heavy atom. The summed E-state index contributed by atoms with van der Waals surface area (Å²) in [6.45, 7) is 9.69. The van der Waals surface area contributed by atoms with E-state index in [9.17, 15) is 9.90 Å². The number of likely N-dealkylation sites (tertiary alicyclic amines) is 1. The molecule has 1 saturated heterocycles. The molecule has 1 N–H and O–H groups in total. The maximum atomic E-state index is 13.3. The first kappa shape index (κ1) is 20.8. The number of hydrogen-bond acceptors (Lipinski definition) is 4. The molecule has 2 aliphatic heterocycles. The molecule has 5 rings (SSSR count). The number of hydrogen-bond donors (Lipinski definition) is 1. The van der Waals surface area contributed by atoms with Gasteiger partial charge in [-0.25, -0.2) is 0 Å². The van der Waals surface area contributed by atoms with Gasteiger partial charge in [-0.15, -0.1) is 0 Å². The number of ketones is 1. The Kier molecular flexibility index (Phi) is 5.30. The number of Topliss-reactive ketones (excluding diaryl/α,β-unsaturated/α-hetero) is 1. The third kappa shape index (κ3) is 3.51. The summed E-state index contributed by atoms with van der Waals surface area (Å²) in [5, 5.41) is 11.8. The third-order valence-electron chi connectivity index (χ3n) is 6.93. The fourth-order valence-electron chi connectivity index (χ4n) is 4.97. The summed E-state index contributed by atoms with van der Waals surface area (Å²) in [5.41, 5.74) is 4.14. The van der Waals surface area contributed by atoms with Crippen molar-refractivity contribution in [3.05, 3.63) is 64.5 Å². The zero-order valence-corrected chi connectivity index (χ0v) is 19.0. The minimum atomic E-state index is -0.112. The maximum absolute atomic E-state index is 13.3. The average Bonchev–Trinajstić information content (AvgIpc) is 3.31. The van der Waals surface area contributed by atoms with E-state index in [0.717, 1.165) is 60.4 Å². The van der Waals surface area contributed by atoms with Crippen LogP contribution in [0.2, 0.25) is 0 Å². The number of benzene rings is 2. The van der Waals surface area contributed by atoms with Crippen molar-refractivity contribution in [2.75, 3.05) is 13.1 Å². The minimum Gasteiger partial charge on any atom is -0.507 e. The Labute approximate surface area is 188 Å². The van der Waals surface area contributed by atoms with Crippen LogP contribution in [-0.4, -0.2) is 33.4 Å². The summed E-state index contributed by atoms with van der Waals surface area (Å²) in [7, 11) is 0. The number of aromatic nitrogens is 1.